The number of amides is 1. The highest BCUT2D eigenvalue weighted by Crippen LogP contribution is 2.22. The number of nitrogens with one attached hydrogen (secondary N) is 1. The van der Waals surface area contributed by atoms with Crippen molar-refractivity contribution < 1.29 is 27.9 Å². The number of nitrogens with zero attached hydrogens (tertiary/aromatic N) is 1. The van der Waals surface area contributed by atoms with Gasteiger partial charge in [-0.2, -0.15) is 4.31 Å². The number of aryl methyl sites for hydroxylation is 1. The number of rotatable bonds is 14. The summed E-state index contributed by atoms with van der Waals surface area (Å²) in [6.45, 7) is 8.48. The van der Waals surface area contributed by atoms with Crippen molar-refractivity contribution in [1.29, 1.82) is 0 Å². The summed E-state index contributed by atoms with van der Waals surface area (Å²) in [6, 6.07) is 13.1. The second kappa shape index (κ2) is 20.1. The van der Waals surface area contributed by atoms with E-state index in [1.165, 1.54) is 22.9 Å². The number of likely N-dealkylation sites (N-methyl/N-ethyl adjacent to an activating group) is 1. The molecule has 0 aliphatic heterocycles. The largest absolute Gasteiger partial charge is 0.496 e. The molecule has 10 heteroatoms. The summed E-state index contributed by atoms with van der Waals surface area (Å²) in [7, 11) is -2.13. The Labute approximate surface area is 228 Å². The number of ether oxygens (including phenoxy) is 1. The average molecular weight is 552 g/mol. The molecule has 0 unspecified atom stereocenters. The number of carbonyl (C=O) groups excluding carboxylic acids is 2. The fraction of sp³-hybridized carbons (Fsp3) is 0.500. The van der Waals surface area contributed by atoms with Gasteiger partial charge in [0.05, 0.1) is 18.6 Å². The monoisotopic (exact) mass is 551 g/mol. The average Bonchev–Trinajstić information content (AvgIpc) is 2.92. The van der Waals surface area contributed by atoms with Crippen molar-refractivity contribution in [3.05, 3.63) is 54.1 Å². The first kappa shape index (κ1) is 35.1. The highest BCUT2D eigenvalue weighted by Gasteiger charge is 2.29. The van der Waals surface area contributed by atoms with Gasteiger partial charge in [-0.15, -0.1) is 0 Å². The van der Waals surface area contributed by atoms with E-state index in [1.807, 2.05) is 31.1 Å². The normalized spacial score (nSPS) is 11.4. The molecule has 1 amide bonds. The Morgan fingerprint density at radius 1 is 1.08 bits per heavy atom. The summed E-state index contributed by atoms with van der Waals surface area (Å²) in [5.41, 5.74) is 7.13. The Kier molecular flexibility index (Phi) is 18.5. The first-order valence-corrected chi connectivity index (χ1v) is 14.3. The number of para-hydroxylation sites is 1. The van der Waals surface area contributed by atoms with Gasteiger partial charge in [-0.05, 0) is 55.2 Å². The zero-order valence-electron chi connectivity index (χ0n) is 23.2. The van der Waals surface area contributed by atoms with Gasteiger partial charge in [0.15, 0.2) is 0 Å². The SMILES string of the molecule is C=O.CCC.CCN([C@H](CO)CCCCNC(=O)CCc1ccccc1OC)S(=O)(=O)c1ccc(N)cc1. The van der Waals surface area contributed by atoms with Gasteiger partial charge < -0.3 is 25.7 Å². The molecule has 0 fully saturated rings. The molecule has 0 aromatic heterocycles. The van der Waals surface area contributed by atoms with Gasteiger partial charge in [0, 0.05) is 31.2 Å². The molecule has 0 bridgehead atoms. The van der Waals surface area contributed by atoms with Gasteiger partial charge in [0.25, 0.3) is 0 Å². The third-order valence-electron chi connectivity index (χ3n) is 5.52. The fourth-order valence-electron chi connectivity index (χ4n) is 3.70. The van der Waals surface area contributed by atoms with Crippen LogP contribution in [0.2, 0.25) is 0 Å². The molecule has 0 aliphatic carbocycles. The summed E-state index contributed by atoms with van der Waals surface area (Å²) >= 11 is 0. The Morgan fingerprint density at radius 2 is 1.68 bits per heavy atom. The summed E-state index contributed by atoms with van der Waals surface area (Å²) in [4.78, 5) is 20.3. The molecule has 0 saturated heterocycles. The topological polar surface area (TPSA) is 139 Å². The zero-order chi connectivity index (χ0) is 29.0. The van der Waals surface area contributed by atoms with Crippen LogP contribution in [0.15, 0.2) is 53.4 Å². The maximum Gasteiger partial charge on any atom is 0.243 e. The van der Waals surface area contributed by atoms with Crippen LogP contribution in [0.4, 0.5) is 5.69 Å². The number of unbranched alkanes of at least 4 members (excludes halogenated alkanes) is 1. The number of nitrogens with two attached hydrogens (primary N) is 1. The number of sulfonamides is 1. The van der Waals surface area contributed by atoms with Crippen LogP contribution in [0.5, 0.6) is 5.75 Å². The Balaban J connectivity index is 0.00000255. The predicted molar refractivity (Wildman–Crippen MR) is 153 cm³/mol. The lowest BCUT2D eigenvalue weighted by atomic mass is 10.1. The van der Waals surface area contributed by atoms with Crippen LogP contribution in [0.3, 0.4) is 0 Å². The molecule has 214 valence electrons. The molecular formula is C28H45N3O6S. The van der Waals surface area contributed by atoms with Gasteiger partial charge >= 0.3 is 0 Å². The number of aliphatic hydroxyl groups is 1. The molecule has 4 N–H and O–H groups in total. The van der Waals surface area contributed by atoms with E-state index in [0.717, 1.165) is 11.3 Å². The van der Waals surface area contributed by atoms with Crippen LogP contribution in [-0.4, -0.2) is 63.4 Å². The van der Waals surface area contributed by atoms with E-state index in [-0.39, 0.29) is 24.0 Å². The van der Waals surface area contributed by atoms with E-state index < -0.39 is 16.1 Å². The van der Waals surface area contributed by atoms with E-state index in [0.29, 0.717) is 44.3 Å². The summed E-state index contributed by atoms with van der Waals surface area (Å²) in [5, 5.41) is 12.7. The summed E-state index contributed by atoms with van der Waals surface area (Å²) in [5.74, 6) is 0.732. The van der Waals surface area contributed by atoms with Crippen LogP contribution in [0, 0.1) is 0 Å². The van der Waals surface area contributed by atoms with Crippen LogP contribution >= 0.6 is 0 Å². The maximum absolute atomic E-state index is 13.0. The van der Waals surface area contributed by atoms with Crippen molar-refractivity contribution in [2.24, 2.45) is 0 Å². The second-order valence-electron chi connectivity index (χ2n) is 8.48. The molecule has 0 saturated carbocycles. The summed E-state index contributed by atoms with van der Waals surface area (Å²) < 4.78 is 32.6. The minimum absolute atomic E-state index is 0.0410. The van der Waals surface area contributed by atoms with Gasteiger partial charge in [-0.1, -0.05) is 51.8 Å². The number of aliphatic hydroxyl groups excluding tert-OH is 1. The third kappa shape index (κ3) is 12.1. The summed E-state index contributed by atoms with van der Waals surface area (Å²) in [6.07, 6.45) is 4.07. The van der Waals surface area contributed by atoms with Crippen LogP contribution in [0.1, 0.15) is 58.4 Å². The van der Waals surface area contributed by atoms with E-state index in [9.17, 15) is 18.3 Å². The van der Waals surface area contributed by atoms with E-state index in [1.54, 1.807) is 26.2 Å². The van der Waals surface area contributed by atoms with E-state index in [4.69, 9.17) is 15.3 Å². The second-order valence-corrected chi connectivity index (χ2v) is 10.4. The number of carbonyl (C=O) groups is 2. The van der Waals surface area contributed by atoms with E-state index >= 15 is 0 Å². The molecule has 0 aliphatic rings. The lowest BCUT2D eigenvalue weighted by Gasteiger charge is -2.28. The maximum atomic E-state index is 13.0. The molecule has 2 aromatic carbocycles. The lowest BCUT2D eigenvalue weighted by molar-refractivity contribution is -0.121. The van der Waals surface area contributed by atoms with Crippen molar-refractivity contribution in [3.63, 3.8) is 0 Å². The Morgan fingerprint density at radius 3 is 2.24 bits per heavy atom. The van der Waals surface area contributed by atoms with Gasteiger partial charge in [0.1, 0.15) is 12.5 Å². The quantitative estimate of drug-likeness (QED) is 0.240. The van der Waals surface area contributed by atoms with Crippen LogP contribution < -0.4 is 15.8 Å². The molecule has 0 spiro atoms. The van der Waals surface area contributed by atoms with Gasteiger partial charge in [-0.3, -0.25) is 4.79 Å². The first-order chi connectivity index (χ1) is 18.2. The minimum Gasteiger partial charge on any atom is -0.496 e. The van der Waals surface area contributed by atoms with Crippen molar-refractivity contribution in [1.82, 2.24) is 9.62 Å². The van der Waals surface area contributed by atoms with Crippen LogP contribution in [-0.2, 0) is 26.0 Å². The Bertz CT molecular complexity index is 1020. The molecule has 38 heavy (non-hydrogen) atoms. The molecule has 9 nitrogen and oxygen atoms in total. The van der Waals surface area contributed by atoms with Crippen molar-refractivity contribution in [2.75, 3.05) is 32.5 Å². The van der Waals surface area contributed by atoms with Crippen molar-refractivity contribution >= 4 is 28.4 Å². The predicted octanol–water partition coefficient (Wildman–Crippen LogP) is 3.80. The number of hydrogen-bond acceptors (Lipinski definition) is 7. The van der Waals surface area contributed by atoms with Crippen LogP contribution in [0.25, 0.3) is 0 Å². The first-order valence-electron chi connectivity index (χ1n) is 12.9. The molecule has 2 aromatic rings. The van der Waals surface area contributed by atoms with E-state index in [2.05, 4.69) is 19.2 Å². The molecule has 0 heterocycles. The molecular weight excluding hydrogens is 506 g/mol. The third-order valence-corrected chi connectivity index (χ3v) is 7.56. The number of hydrogen-bond donors (Lipinski definition) is 3. The van der Waals surface area contributed by atoms with Gasteiger partial charge in [0.2, 0.25) is 15.9 Å². The number of benzene rings is 2. The molecule has 2 rings (SSSR count). The smallest absolute Gasteiger partial charge is 0.243 e. The lowest BCUT2D eigenvalue weighted by Crippen LogP contribution is -2.42. The zero-order valence-corrected chi connectivity index (χ0v) is 24.0. The fourth-order valence-corrected chi connectivity index (χ4v) is 5.36. The Hall–Kier alpha value is -2.95. The highest BCUT2D eigenvalue weighted by atomic mass is 32.2. The number of methoxy groups -OCH3 is 1. The van der Waals surface area contributed by atoms with Gasteiger partial charge in [-0.25, -0.2) is 8.42 Å². The minimum atomic E-state index is -3.74. The van der Waals surface area contributed by atoms with Crippen molar-refractivity contribution in [3.8, 4) is 5.75 Å². The standard InChI is InChI=1S/C24H35N3O5S.C3H8.CH2O/c1-3-27(33(30,31)22-14-12-20(25)13-15-22)21(18-28)9-6-7-17-26-24(29)16-11-19-8-4-5-10-23(19)32-2;1-3-2;1-2/h4-5,8,10,12-15,21,28H,3,6-7,9,11,16-18,25H2,1-2H3,(H,26,29);3H2,1-2H3;1H2/t21-;;/m0../s1. The molecule has 1 atom stereocenters. The number of nitrogen functional groups attached to an aromatic ring is 1. The highest BCUT2D eigenvalue weighted by molar-refractivity contribution is 7.89. The number of anilines is 1. The molecule has 0 radical (unpaired) electrons. The van der Waals surface area contributed by atoms with Crippen molar-refractivity contribution in [2.45, 2.75) is 70.2 Å².